The first-order valence-corrected chi connectivity index (χ1v) is 12.4. The average molecular weight is 509 g/mol. The van der Waals surface area contributed by atoms with Gasteiger partial charge >= 0.3 is 0 Å². The number of carbonyl (C=O) groups is 2. The topological polar surface area (TPSA) is 67.9 Å². The van der Waals surface area contributed by atoms with Crippen LogP contribution < -0.4 is 14.8 Å². The molecule has 2 aromatic rings. The zero-order valence-corrected chi connectivity index (χ0v) is 21.6. The molecule has 0 unspecified atom stereocenters. The van der Waals surface area contributed by atoms with E-state index < -0.39 is 6.04 Å². The van der Waals surface area contributed by atoms with Crippen molar-refractivity contribution in [1.29, 1.82) is 0 Å². The van der Waals surface area contributed by atoms with Crippen molar-refractivity contribution in [3.8, 4) is 11.5 Å². The van der Waals surface area contributed by atoms with Gasteiger partial charge in [-0.15, -0.1) is 0 Å². The predicted octanol–water partition coefficient (Wildman–Crippen LogP) is 5.88. The molecule has 0 saturated heterocycles. The number of benzene rings is 2. The number of nitrogens with zero attached hydrogens (tertiary/aromatic N) is 1. The van der Waals surface area contributed by atoms with Crippen LogP contribution in [0, 0.1) is 0 Å². The first kappa shape index (κ1) is 27.8. The summed E-state index contributed by atoms with van der Waals surface area (Å²) in [5, 5.41) is 3.94. The van der Waals surface area contributed by atoms with Gasteiger partial charge in [-0.2, -0.15) is 0 Å². The molecule has 1 atom stereocenters. The number of halogens is 2. The SMILES string of the molecule is CCCCNC(=O)[C@@H](CC)N(Cc1ccc(Cl)cc1Cl)C(=O)CCCOc1ccc(OC)cc1. The summed E-state index contributed by atoms with van der Waals surface area (Å²) >= 11 is 12.4. The second kappa shape index (κ2) is 14.7. The Labute approximate surface area is 212 Å². The van der Waals surface area contributed by atoms with Gasteiger partial charge in [-0.1, -0.05) is 49.5 Å². The third kappa shape index (κ3) is 8.73. The van der Waals surface area contributed by atoms with Crippen molar-refractivity contribution in [3.63, 3.8) is 0 Å². The van der Waals surface area contributed by atoms with E-state index in [4.69, 9.17) is 32.7 Å². The predicted molar refractivity (Wildman–Crippen MR) is 137 cm³/mol. The molecule has 0 aromatic heterocycles. The highest BCUT2D eigenvalue weighted by Gasteiger charge is 2.28. The van der Waals surface area contributed by atoms with Gasteiger partial charge in [0.1, 0.15) is 17.5 Å². The molecule has 2 aromatic carbocycles. The van der Waals surface area contributed by atoms with E-state index in [0.29, 0.717) is 41.8 Å². The fourth-order valence-electron chi connectivity index (χ4n) is 3.49. The Bertz CT molecular complexity index is 922. The summed E-state index contributed by atoms with van der Waals surface area (Å²) in [5.74, 6) is 1.19. The minimum Gasteiger partial charge on any atom is -0.497 e. The molecular formula is C26H34Cl2N2O4. The van der Waals surface area contributed by atoms with Crippen LogP contribution in [0.15, 0.2) is 42.5 Å². The van der Waals surface area contributed by atoms with Gasteiger partial charge in [0.2, 0.25) is 11.8 Å². The maximum Gasteiger partial charge on any atom is 0.242 e. The van der Waals surface area contributed by atoms with E-state index in [1.807, 2.05) is 31.2 Å². The number of hydrogen-bond donors (Lipinski definition) is 1. The molecule has 1 N–H and O–H groups in total. The molecule has 186 valence electrons. The van der Waals surface area contributed by atoms with E-state index in [1.54, 1.807) is 30.2 Å². The fourth-order valence-corrected chi connectivity index (χ4v) is 3.96. The number of unbranched alkanes of at least 4 members (excludes halogenated alkanes) is 1. The zero-order chi connectivity index (χ0) is 24.9. The Morgan fingerprint density at radius 2 is 1.74 bits per heavy atom. The van der Waals surface area contributed by atoms with Crippen LogP contribution in [-0.4, -0.2) is 43.0 Å². The molecule has 8 heteroatoms. The molecule has 34 heavy (non-hydrogen) atoms. The number of carbonyl (C=O) groups excluding carboxylic acids is 2. The lowest BCUT2D eigenvalue weighted by molar-refractivity contribution is -0.141. The largest absolute Gasteiger partial charge is 0.497 e. The third-order valence-corrected chi connectivity index (χ3v) is 6.02. The normalized spacial score (nSPS) is 11.6. The highest BCUT2D eigenvalue weighted by molar-refractivity contribution is 6.35. The Hall–Kier alpha value is -2.44. The van der Waals surface area contributed by atoms with Crippen molar-refractivity contribution in [3.05, 3.63) is 58.1 Å². The molecule has 2 rings (SSSR count). The van der Waals surface area contributed by atoms with E-state index in [9.17, 15) is 9.59 Å². The third-order valence-electron chi connectivity index (χ3n) is 5.43. The maximum atomic E-state index is 13.3. The number of methoxy groups -OCH3 is 1. The summed E-state index contributed by atoms with van der Waals surface area (Å²) in [6.07, 6.45) is 3.14. The lowest BCUT2D eigenvalue weighted by Crippen LogP contribution is -2.49. The smallest absolute Gasteiger partial charge is 0.242 e. The van der Waals surface area contributed by atoms with Gasteiger partial charge in [0.15, 0.2) is 0 Å². The molecule has 0 fully saturated rings. The number of amides is 2. The Morgan fingerprint density at radius 1 is 1.03 bits per heavy atom. The van der Waals surface area contributed by atoms with Gasteiger partial charge in [-0.25, -0.2) is 0 Å². The number of hydrogen-bond acceptors (Lipinski definition) is 4. The highest BCUT2D eigenvalue weighted by Crippen LogP contribution is 2.24. The number of nitrogens with one attached hydrogen (secondary N) is 1. The average Bonchev–Trinajstić information content (AvgIpc) is 2.83. The first-order valence-electron chi connectivity index (χ1n) is 11.7. The van der Waals surface area contributed by atoms with Crippen LogP contribution >= 0.6 is 23.2 Å². The number of rotatable bonds is 14. The molecule has 0 radical (unpaired) electrons. The Morgan fingerprint density at radius 3 is 2.35 bits per heavy atom. The molecule has 0 aliphatic heterocycles. The summed E-state index contributed by atoms with van der Waals surface area (Å²) in [4.78, 5) is 27.8. The molecule has 0 heterocycles. The molecule has 0 spiro atoms. The van der Waals surface area contributed by atoms with E-state index in [-0.39, 0.29) is 24.8 Å². The van der Waals surface area contributed by atoms with Crippen molar-refractivity contribution >= 4 is 35.0 Å². The van der Waals surface area contributed by atoms with Crippen molar-refractivity contribution in [2.75, 3.05) is 20.3 Å². The van der Waals surface area contributed by atoms with Crippen LogP contribution in [0.3, 0.4) is 0 Å². The lowest BCUT2D eigenvalue weighted by Gasteiger charge is -2.31. The second-order valence-electron chi connectivity index (χ2n) is 7.95. The number of ether oxygens (including phenoxy) is 2. The lowest BCUT2D eigenvalue weighted by atomic mass is 10.1. The summed E-state index contributed by atoms with van der Waals surface area (Å²) in [5.41, 5.74) is 0.744. The van der Waals surface area contributed by atoms with Gasteiger partial charge in [0.05, 0.1) is 13.7 Å². The minimum atomic E-state index is -0.585. The van der Waals surface area contributed by atoms with Crippen molar-refractivity contribution in [2.24, 2.45) is 0 Å². The van der Waals surface area contributed by atoms with Crippen LogP contribution in [0.4, 0.5) is 0 Å². The quantitative estimate of drug-likeness (QED) is 0.323. The van der Waals surface area contributed by atoms with Crippen LogP contribution in [0.25, 0.3) is 0 Å². The first-order chi connectivity index (χ1) is 16.4. The molecule has 2 amide bonds. The van der Waals surface area contributed by atoms with Gasteiger partial charge < -0.3 is 19.7 Å². The van der Waals surface area contributed by atoms with Gasteiger partial charge in [-0.3, -0.25) is 9.59 Å². The van der Waals surface area contributed by atoms with E-state index in [0.717, 1.165) is 24.2 Å². The minimum absolute atomic E-state index is 0.123. The summed E-state index contributed by atoms with van der Waals surface area (Å²) in [6, 6.07) is 11.9. The van der Waals surface area contributed by atoms with Crippen molar-refractivity contribution < 1.29 is 19.1 Å². The van der Waals surface area contributed by atoms with Crippen LogP contribution in [0.5, 0.6) is 11.5 Å². The molecule has 6 nitrogen and oxygen atoms in total. The van der Waals surface area contributed by atoms with E-state index in [2.05, 4.69) is 12.2 Å². The Kier molecular flexibility index (Phi) is 12.1. The van der Waals surface area contributed by atoms with Gasteiger partial charge in [-0.05, 0) is 61.2 Å². The second-order valence-corrected chi connectivity index (χ2v) is 8.80. The molecule has 0 aliphatic rings. The molecule has 0 bridgehead atoms. The summed E-state index contributed by atoms with van der Waals surface area (Å²) in [6.45, 7) is 5.17. The van der Waals surface area contributed by atoms with Crippen molar-refractivity contribution in [1.82, 2.24) is 10.2 Å². The Balaban J connectivity index is 2.06. The van der Waals surface area contributed by atoms with E-state index in [1.165, 1.54) is 0 Å². The highest BCUT2D eigenvalue weighted by atomic mass is 35.5. The molecule has 0 aliphatic carbocycles. The van der Waals surface area contributed by atoms with Crippen molar-refractivity contribution in [2.45, 2.75) is 58.5 Å². The zero-order valence-electron chi connectivity index (χ0n) is 20.1. The fraction of sp³-hybridized carbons (Fsp3) is 0.462. The monoisotopic (exact) mass is 508 g/mol. The molecule has 0 saturated carbocycles. The molecular weight excluding hydrogens is 475 g/mol. The van der Waals surface area contributed by atoms with Crippen LogP contribution in [0.2, 0.25) is 10.0 Å². The van der Waals surface area contributed by atoms with Crippen LogP contribution in [-0.2, 0) is 16.1 Å². The maximum absolute atomic E-state index is 13.3. The van der Waals surface area contributed by atoms with Crippen LogP contribution in [0.1, 0.15) is 51.5 Å². The van der Waals surface area contributed by atoms with E-state index >= 15 is 0 Å². The summed E-state index contributed by atoms with van der Waals surface area (Å²) < 4.78 is 10.9. The van der Waals surface area contributed by atoms with Gasteiger partial charge in [0.25, 0.3) is 0 Å². The standard InChI is InChI=1S/C26H34Cl2N2O4/c1-4-6-15-29-26(32)24(5-2)30(18-19-9-10-20(27)17-23(19)28)25(31)8-7-16-34-22-13-11-21(33-3)12-14-22/h9-14,17,24H,4-8,15-16,18H2,1-3H3,(H,29,32)/t24-/m1/s1. The van der Waals surface area contributed by atoms with Gasteiger partial charge in [0, 0.05) is 29.6 Å². The summed E-state index contributed by atoms with van der Waals surface area (Å²) in [7, 11) is 1.61.